The van der Waals surface area contributed by atoms with Crippen LogP contribution < -0.4 is 5.32 Å². The van der Waals surface area contributed by atoms with Gasteiger partial charge in [-0.25, -0.2) is 0 Å². The van der Waals surface area contributed by atoms with Gasteiger partial charge in [-0.3, -0.25) is 19.3 Å². The fourth-order valence-corrected chi connectivity index (χ4v) is 5.74. The highest BCUT2D eigenvalue weighted by atomic mass is 35.5. The van der Waals surface area contributed by atoms with E-state index < -0.39 is 51.9 Å². The van der Waals surface area contributed by atoms with Gasteiger partial charge in [-0.2, -0.15) is 0 Å². The van der Waals surface area contributed by atoms with Crippen molar-refractivity contribution in [3.63, 3.8) is 0 Å². The average molecular weight is 501 g/mol. The summed E-state index contributed by atoms with van der Waals surface area (Å²) in [4.78, 5) is 42.0. The largest absolute Gasteiger partial charge is 0.508 e. The lowest BCUT2D eigenvalue weighted by Gasteiger charge is -2.47. The van der Waals surface area contributed by atoms with Crippen LogP contribution in [0.2, 0.25) is 5.02 Å². The topological polar surface area (TPSA) is 127 Å². The Morgan fingerprint density at radius 2 is 1.83 bits per heavy atom. The number of aromatic hydroxyl groups is 1. The molecule has 0 spiro atoms. The van der Waals surface area contributed by atoms with Crippen molar-refractivity contribution >= 4 is 39.8 Å². The van der Waals surface area contributed by atoms with Gasteiger partial charge < -0.3 is 20.6 Å². The van der Waals surface area contributed by atoms with Crippen LogP contribution in [0.15, 0.2) is 29.5 Å². The number of Topliss-reactive ketones (excluding diaryl/α,β-unsaturated/α-hetero) is 2. The predicted octanol–water partition coefficient (Wildman–Crippen LogP) is 2.83. The summed E-state index contributed by atoms with van der Waals surface area (Å²) in [6, 6.07) is 3.83. The maximum Gasteiger partial charge on any atom is 0.258 e. The lowest BCUT2D eigenvalue weighted by atomic mass is 9.61. The van der Waals surface area contributed by atoms with E-state index in [2.05, 4.69) is 5.32 Å². The standard InChI is InChI=1S/C26H29ClN2O6/c1-11-13-10-14-19(29(5)6)21(31)18(24(34)28-25(2,3)4)23(33)26(14,35)22(32)17(13)20(30)12-8-7-9-15(27)16(11)12/h7-9,14,19,30,33,35H,10H2,1-6H3,(H,28,34). The Balaban J connectivity index is 2.04. The van der Waals surface area contributed by atoms with Gasteiger partial charge in [0.2, 0.25) is 5.78 Å². The molecule has 0 aromatic heterocycles. The lowest BCUT2D eigenvalue weighted by Crippen LogP contribution is -2.65. The van der Waals surface area contributed by atoms with Crippen LogP contribution >= 0.6 is 11.6 Å². The number of phenolic OH excluding ortho intramolecular Hbond substituents is 1. The van der Waals surface area contributed by atoms with Crippen LogP contribution in [-0.2, 0) is 16.0 Å². The van der Waals surface area contributed by atoms with Crippen LogP contribution in [0.3, 0.4) is 0 Å². The maximum absolute atomic E-state index is 13.9. The summed E-state index contributed by atoms with van der Waals surface area (Å²) in [5.41, 5.74) is -3.05. The molecule has 0 fully saturated rings. The number of hydrogen-bond acceptors (Lipinski definition) is 7. The molecular weight excluding hydrogens is 472 g/mol. The zero-order chi connectivity index (χ0) is 26.2. The number of aliphatic hydroxyl groups excluding tert-OH is 1. The Morgan fingerprint density at radius 1 is 1.20 bits per heavy atom. The van der Waals surface area contributed by atoms with E-state index in [-0.39, 0.29) is 17.7 Å². The Hall–Kier alpha value is -2.94. The molecule has 9 heteroatoms. The van der Waals surface area contributed by atoms with E-state index in [9.17, 15) is 29.7 Å². The summed E-state index contributed by atoms with van der Waals surface area (Å²) in [6.07, 6.45) is -0.00898. The number of likely N-dealkylation sites (N-methyl/N-ethyl adjacent to an activating group) is 1. The first-order chi connectivity index (χ1) is 16.1. The van der Waals surface area contributed by atoms with E-state index in [1.54, 1.807) is 60.0 Å². The molecule has 8 nitrogen and oxygen atoms in total. The third-order valence-electron chi connectivity index (χ3n) is 6.93. The second-order valence-corrected chi connectivity index (χ2v) is 11.0. The number of fused-ring (bicyclic) bond motifs is 3. The van der Waals surface area contributed by atoms with Crippen LogP contribution in [0.4, 0.5) is 0 Å². The van der Waals surface area contributed by atoms with E-state index in [0.717, 1.165) is 0 Å². The number of rotatable bonds is 2. The molecule has 3 unspecified atom stereocenters. The Kier molecular flexibility index (Phi) is 5.78. The molecule has 186 valence electrons. The first kappa shape index (κ1) is 25.2. The number of nitrogens with zero attached hydrogens (tertiary/aromatic N) is 1. The van der Waals surface area contributed by atoms with Crippen molar-refractivity contribution in [3.05, 3.63) is 51.2 Å². The smallest absolute Gasteiger partial charge is 0.258 e. The van der Waals surface area contributed by atoms with Gasteiger partial charge in [0.05, 0.1) is 11.6 Å². The molecule has 3 atom stereocenters. The summed E-state index contributed by atoms with van der Waals surface area (Å²) < 4.78 is 0. The maximum atomic E-state index is 13.9. The first-order valence-electron chi connectivity index (χ1n) is 11.3. The Morgan fingerprint density at radius 3 is 2.40 bits per heavy atom. The monoisotopic (exact) mass is 500 g/mol. The Bertz CT molecular complexity index is 1340. The van der Waals surface area contributed by atoms with Gasteiger partial charge >= 0.3 is 0 Å². The molecule has 35 heavy (non-hydrogen) atoms. The Labute approximate surface area is 208 Å². The minimum absolute atomic E-state index is 0.00898. The van der Waals surface area contributed by atoms with Gasteiger partial charge in [0.1, 0.15) is 17.1 Å². The van der Waals surface area contributed by atoms with Crippen molar-refractivity contribution in [2.75, 3.05) is 14.1 Å². The molecule has 2 aliphatic rings. The zero-order valence-electron chi connectivity index (χ0n) is 20.5. The van der Waals surface area contributed by atoms with Gasteiger partial charge in [0.25, 0.3) is 5.91 Å². The van der Waals surface area contributed by atoms with Crippen molar-refractivity contribution in [1.82, 2.24) is 10.2 Å². The van der Waals surface area contributed by atoms with E-state index in [1.165, 1.54) is 4.90 Å². The number of halogens is 1. The highest BCUT2D eigenvalue weighted by Crippen LogP contribution is 2.50. The molecule has 0 radical (unpaired) electrons. The van der Waals surface area contributed by atoms with Crippen molar-refractivity contribution in [2.24, 2.45) is 5.92 Å². The number of ketones is 2. The third-order valence-corrected chi connectivity index (χ3v) is 7.25. The number of benzene rings is 2. The normalized spacial score (nSPS) is 24.6. The molecule has 0 heterocycles. The van der Waals surface area contributed by atoms with Crippen molar-refractivity contribution < 1.29 is 29.7 Å². The van der Waals surface area contributed by atoms with Crippen molar-refractivity contribution in [1.29, 1.82) is 0 Å². The van der Waals surface area contributed by atoms with Crippen molar-refractivity contribution in [2.45, 2.75) is 51.3 Å². The predicted molar refractivity (Wildman–Crippen MR) is 132 cm³/mol. The highest BCUT2D eigenvalue weighted by molar-refractivity contribution is 6.36. The summed E-state index contributed by atoms with van der Waals surface area (Å²) >= 11 is 6.41. The number of aliphatic hydroxyl groups is 2. The van der Waals surface area contributed by atoms with E-state index in [4.69, 9.17) is 11.6 Å². The number of amides is 1. The number of nitrogens with one attached hydrogen (secondary N) is 1. The van der Waals surface area contributed by atoms with E-state index in [1.807, 2.05) is 0 Å². The summed E-state index contributed by atoms with van der Waals surface area (Å²) in [5, 5.41) is 38.0. The fraction of sp³-hybridized carbons (Fsp3) is 0.423. The van der Waals surface area contributed by atoms with E-state index in [0.29, 0.717) is 26.9 Å². The molecule has 2 aliphatic carbocycles. The number of carbonyl (C=O) groups is 3. The number of aryl methyl sites for hydroxylation is 1. The molecule has 1 amide bonds. The molecule has 0 saturated carbocycles. The molecule has 0 aliphatic heterocycles. The third kappa shape index (κ3) is 3.54. The van der Waals surface area contributed by atoms with E-state index >= 15 is 0 Å². The number of hydrogen-bond donors (Lipinski definition) is 4. The van der Waals surface area contributed by atoms with Crippen LogP contribution in [0.1, 0.15) is 42.3 Å². The minimum atomic E-state index is -2.59. The molecule has 4 rings (SSSR count). The second kappa shape index (κ2) is 8.05. The highest BCUT2D eigenvalue weighted by Gasteiger charge is 2.62. The molecule has 2 aromatic rings. The van der Waals surface area contributed by atoms with Gasteiger partial charge in [0, 0.05) is 27.3 Å². The number of carbonyl (C=O) groups excluding carboxylic acids is 3. The number of phenols is 1. The SMILES string of the molecule is Cc1c2c(c(O)c3cccc(Cl)c13)C(=O)C1(O)C(O)=C(C(=O)NC(C)(C)C)C(=O)C(N(C)C)C1C2. The van der Waals surface area contributed by atoms with Crippen LogP contribution in [0.25, 0.3) is 10.8 Å². The van der Waals surface area contributed by atoms with Crippen LogP contribution in [0.5, 0.6) is 5.75 Å². The van der Waals surface area contributed by atoms with Crippen LogP contribution in [-0.4, -0.2) is 69.0 Å². The first-order valence-corrected chi connectivity index (χ1v) is 11.7. The summed E-state index contributed by atoms with van der Waals surface area (Å²) in [7, 11) is 3.21. The van der Waals surface area contributed by atoms with Gasteiger partial charge in [-0.05, 0) is 65.4 Å². The lowest BCUT2D eigenvalue weighted by molar-refractivity contribution is -0.133. The minimum Gasteiger partial charge on any atom is -0.508 e. The van der Waals surface area contributed by atoms with Crippen molar-refractivity contribution in [3.8, 4) is 5.75 Å². The molecular formula is C26H29ClN2O6. The average Bonchev–Trinajstić information content (AvgIpc) is 2.72. The molecule has 0 saturated heterocycles. The molecule has 0 bridgehead atoms. The van der Waals surface area contributed by atoms with Crippen LogP contribution in [0, 0.1) is 12.8 Å². The molecule has 4 N–H and O–H groups in total. The molecule has 2 aromatic carbocycles. The fourth-order valence-electron chi connectivity index (χ4n) is 5.42. The summed E-state index contributed by atoms with van der Waals surface area (Å²) in [6.45, 7) is 6.87. The van der Waals surface area contributed by atoms with Gasteiger partial charge in [0.15, 0.2) is 11.4 Å². The van der Waals surface area contributed by atoms with Gasteiger partial charge in [-0.1, -0.05) is 23.7 Å². The second-order valence-electron chi connectivity index (χ2n) is 10.6. The van der Waals surface area contributed by atoms with Gasteiger partial charge in [-0.15, -0.1) is 0 Å². The quantitative estimate of drug-likeness (QED) is 0.467. The summed E-state index contributed by atoms with van der Waals surface area (Å²) in [5.74, 6) is -5.01. The zero-order valence-corrected chi connectivity index (χ0v) is 21.2.